The van der Waals surface area contributed by atoms with Crippen LogP contribution in [0.5, 0.6) is 5.75 Å². The average molecular weight is 325 g/mol. The van der Waals surface area contributed by atoms with Crippen LogP contribution in [-0.2, 0) is 13.8 Å². The molecule has 3 N–H and O–H groups in total. The van der Waals surface area contributed by atoms with E-state index in [4.69, 9.17) is 21.2 Å². The molecule has 0 spiro atoms. The van der Waals surface area contributed by atoms with Crippen LogP contribution in [0.25, 0.3) is 0 Å². The molecule has 1 rings (SSSR count). The van der Waals surface area contributed by atoms with E-state index in [2.05, 4.69) is 0 Å². The molecule has 110 valence electrons. The molecule has 0 heterocycles. The molecule has 1 aromatic carbocycles. The van der Waals surface area contributed by atoms with Crippen molar-refractivity contribution in [2.45, 2.75) is 17.9 Å². The second-order valence-corrected chi connectivity index (χ2v) is 6.21. The summed E-state index contributed by atoms with van der Waals surface area (Å²) in [6.07, 6.45) is -1.21. The van der Waals surface area contributed by atoms with Crippen molar-refractivity contribution < 1.29 is 27.1 Å². The lowest BCUT2D eigenvalue weighted by atomic mass is 10.3. The Hall–Kier alpha value is -1.87. The van der Waals surface area contributed by atoms with Crippen LogP contribution in [-0.4, -0.2) is 26.5 Å². The number of rotatable bonds is 4. The fourth-order valence-corrected chi connectivity index (χ4v) is 1.96. The highest BCUT2D eigenvalue weighted by Gasteiger charge is 2.19. The van der Waals surface area contributed by atoms with Crippen molar-refractivity contribution in [3.63, 3.8) is 0 Å². The highest BCUT2D eigenvalue weighted by Crippen LogP contribution is 2.24. The number of amides is 3. The van der Waals surface area contributed by atoms with Gasteiger partial charge in [-0.2, -0.15) is 0 Å². The molecule has 7 nitrogen and oxygen atoms in total. The van der Waals surface area contributed by atoms with Crippen molar-refractivity contribution in [3.8, 4) is 5.75 Å². The number of primary amides is 1. The zero-order chi connectivity index (χ0) is 15.5. The number of hydrogen-bond donors (Lipinski definition) is 2. The molecule has 0 aliphatic heterocycles. The summed E-state index contributed by atoms with van der Waals surface area (Å²) in [7, 11) is 0.979. The fraction of sp³-hybridized carbons (Fsp3) is 0.200. The maximum absolute atomic E-state index is 13.6. The average Bonchev–Trinajstić information content (AvgIpc) is 2.29. The number of hydrogen-bond acceptors (Lipinski definition) is 5. The second-order valence-electron chi connectivity index (χ2n) is 3.64. The first-order valence-corrected chi connectivity index (χ1v) is 7.43. The van der Waals surface area contributed by atoms with Crippen LogP contribution in [0.15, 0.2) is 23.1 Å². The number of nitrogens with one attached hydrogen (secondary N) is 1. The molecule has 0 radical (unpaired) electrons. The number of imide groups is 1. The minimum absolute atomic E-state index is 0.374. The third-order valence-electron chi connectivity index (χ3n) is 2.10. The molecule has 0 aliphatic carbocycles. The van der Waals surface area contributed by atoms with Crippen LogP contribution in [0.4, 0.5) is 9.18 Å². The first kappa shape index (κ1) is 16.2. The normalized spacial score (nSPS) is 12.6. The Bertz CT molecular complexity index is 649. The molecule has 1 aromatic rings. The standard InChI is InChI=1S/C10H10ClFN2O5S/c1-5(9(15)14-10(13)16)19-8-3-2-6(4-7(8)12)20(11,17)18/h2-5H,1H3,(H3,13,14,15,16). The van der Waals surface area contributed by atoms with Crippen molar-refractivity contribution in [1.29, 1.82) is 0 Å². The Morgan fingerprint density at radius 2 is 2.05 bits per heavy atom. The van der Waals surface area contributed by atoms with Crippen molar-refractivity contribution >= 4 is 31.7 Å². The van der Waals surface area contributed by atoms with E-state index in [0.29, 0.717) is 6.07 Å². The first-order valence-electron chi connectivity index (χ1n) is 5.12. The summed E-state index contributed by atoms with van der Waals surface area (Å²) in [5, 5.41) is 1.75. The summed E-state index contributed by atoms with van der Waals surface area (Å²) in [5.41, 5.74) is 4.74. The van der Waals surface area contributed by atoms with E-state index in [1.807, 2.05) is 0 Å². The van der Waals surface area contributed by atoms with E-state index in [9.17, 15) is 22.4 Å². The minimum Gasteiger partial charge on any atom is -0.478 e. The van der Waals surface area contributed by atoms with Gasteiger partial charge in [0.1, 0.15) is 0 Å². The van der Waals surface area contributed by atoms with E-state index < -0.39 is 37.8 Å². The summed E-state index contributed by atoms with van der Waals surface area (Å²) in [4.78, 5) is 21.3. The van der Waals surface area contributed by atoms with Crippen LogP contribution >= 0.6 is 10.7 Å². The van der Waals surface area contributed by atoms with E-state index in [0.717, 1.165) is 12.1 Å². The maximum atomic E-state index is 13.6. The summed E-state index contributed by atoms with van der Waals surface area (Å²) in [5.74, 6) is -2.27. The van der Waals surface area contributed by atoms with Crippen molar-refractivity contribution in [3.05, 3.63) is 24.0 Å². The predicted octanol–water partition coefficient (Wildman–Crippen LogP) is 0.715. The number of nitrogens with two attached hydrogens (primary N) is 1. The molecule has 3 amide bonds. The molecule has 10 heteroatoms. The third kappa shape index (κ3) is 4.35. The summed E-state index contributed by atoms with van der Waals surface area (Å²) in [6.45, 7) is 1.25. The zero-order valence-electron chi connectivity index (χ0n) is 10.1. The van der Waals surface area contributed by atoms with Gasteiger partial charge in [-0.1, -0.05) is 0 Å². The molecule has 0 saturated carbocycles. The lowest BCUT2D eigenvalue weighted by Gasteiger charge is -2.14. The van der Waals surface area contributed by atoms with Crippen LogP contribution < -0.4 is 15.8 Å². The Balaban J connectivity index is 2.89. The van der Waals surface area contributed by atoms with Gasteiger partial charge in [-0.15, -0.1) is 0 Å². The summed E-state index contributed by atoms with van der Waals surface area (Å²) in [6, 6.07) is 1.59. The Kier molecular flexibility index (Phi) is 4.90. The zero-order valence-corrected chi connectivity index (χ0v) is 11.7. The Morgan fingerprint density at radius 1 is 1.45 bits per heavy atom. The summed E-state index contributed by atoms with van der Waals surface area (Å²) < 4.78 is 40.5. The van der Waals surface area contributed by atoms with Gasteiger partial charge in [0.2, 0.25) is 0 Å². The van der Waals surface area contributed by atoms with Gasteiger partial charge in [0.05, 0.1) is 4.90 Å². The molecular weight excluding hydrogens is 315 g/mol. The lowest BCUT2D eigenvalue weighted by Crippen LogP contribution is -2.42. The number of benzene rings is 1. The number of urea groups is 1. The van der Waals surface area contributed by atoms with E-state index in [1.54, 1.807) is 5.32 Å². The van der Waals surface area contributed by atoms with Crippen molar-refractivity contribution in [1.82, 2.24) is 5.32 Å². The number of ether oxygens (including phenoxy) is 1. The van der Waals surface area contributed by atoms with E-state index in [-0.39, 0.29) is 5.75 Å². The van der Waals surface area contributed by atoms with Crippen molar-refractivity contribution in [2.24, 2.45) is 5.73 Å². The highest BCUT2D eigenvalue weighted by molar-refractivity contribution is 8.13. The molecule has 0 fully saturated rings. The molecule has 0 bridgehead atoms. The van der Waals surface area contributed by atoms with Gasteiger partial charge in [0.25, 0.3) is 15.0 Å². The summed E-state index contributed by atoms with van der Waals surface area (Å²) >= 11 is 0. The second kappa shape index (κ2) is 6.06. The number of carbonyl (C=O) groups excluding carboxylic acids is 2. The quantitative estimate of drug-likeness (QED) is 0.791. The molecular formula is C10H10ClFN2O5S. The largest absolute Gasteiger partial charge is 0.478 e. The SMILES string of the molecule is CC(Oc1ccc(S(=O)(=O)Cl)cc1F)C(=O)NC(N)=O. The molecule has 0 aliphatic rings. The third-order valence-corrected chi connectivity index (χ3v) is 3.46. The van der Waals surface area contributed by atoms with Gasteiger partial charge in [-0.3, -0.25) is 10.1 Å². The van der Waals surface area contributed by atoms with E-state index >= 15 is 0 Å². The molecule has 0 saturated heterocycles. The number of carbonyl (C=O) groups is 2. The maximum Gasteiger partial charge on any atom is 0.318 e. The van der Waals surface area contributed by atoms with Crippen LogP contribution in [0.1, 0.15) is 6.92 Å². The van der Waals surface area contributed by atoms with Gasteiger partial charge in [0, 0.05) is 10.7 Å². The smallest absolute Gasteiger partial charge is 0.318 e. The van der Waals surface area contributed by atoms with Crippen LogP contribution in [0.2, 0.25) is 0 Å². The molecule has 1 unspecified atom stereocenters. The topological polar surface area (TPSA) is 116 Å². The Morgan fingerprint density at radius 3 is 2.50 bits per heavy atom. The molecule has 1 atom stereocenters. The van der Waals surface area contributed by atoms with E-state index in [1.165, 1.54) is 6.92 Å². The Labute approximate surface area is 118 Å². The monoisotopic (exact) mass is 324 g/mol. The van der Waals surface area contributed by atoms with Gasteiger partial charge in [-0.05, 0) is 25.1 Å². The predicted molar refractivity (Wildman–Crippen MR) is 67.3 cm³/mol. The van der Waals surface area contributed by atoms with Gasteiger partial charge in [0.15, 0.2) is 17.7 Å². The van der Waals surface area contributed by atoms with Crippen LogP contribution in [0, 0.1) is 5.82 Å². The number of halogens is 2. The van der Waals surface area contributed by atoms with Gasteiger partial charge >= 0.3 is 6.03 Å². The first-order chi connectivity index (χ1) is 9.11. The van der Waals surface area contributed by atoms with Crippen LogP contribution in [0.3, 0.4) is 0 Å². The van der Waals surface area contributed by atoms with Crippen molar-refractivity contribution in [2.75, 3.05) is 0 Å². The fourth-order valence-electron chi connectivity index (χ4n) is 1.20. The molecule has 20 heavy (non-hydrogen) atoms. The lowest BCUT2D eigenvalue weighted by molar-refractivity contribution is -0.126. The highest BCUT2D eigenvalue weighted by atomic mass is 35.7. The van der Waals surface area contributed by atoms with Gasteiger partial charge < -0.3 is 10.5 Å². The molecule has 0 aromatic heterocycles. The minimum atomic E-state index is -4.07. The van der Waals surface area contributed by atoms with Gasteiger partial charge in [-0.25, -0.2) is 17.6 Å².